The molecule has 4 nitrogen and oxygen atoms in total. The second-order valence-corrected chi connectivity index (χ2v) is 7.39. The number of rotatable bonds is 9. The quantitative estimate of drug-likeness (QED) is 0.352. The predicted octanol–water partition coefficient (Wildman–Crippen LogP) is 5.52. The third-order valence-electron chi connectivity index (χ3n) is 5.48. The Morgan fingerprint density at radius 3 is 2.37 bits per heavy atom. The highest BCUT2D eigenvalue weighted by Gasteiger charge is 2.34. The summed E-state index contributed by atoms with van der Waals surface area (Å²) in [7, 11) is 3.32. The van der Waals surface area contributed by atoms with E-state index in [1.165, 1.54) is 24.0 Å². The number of hydrogen-bond donors (Lipinski definition) is 1. The second kappa shape index (κ2) is 9.63. The molecule has 2 rings (SSSR count). The lowest BCUT2D eigenvalue weighted by Gasteiger charge is -2.32. The molecule has 0 radical (unpaired) electrons. The highest BCUT2D eigenvalue weighted by molar-refractivity contribution is 5.86. The van der Waals surface area contributed by atoms with Gasteiger partial charge < -0.3 is 14.6 Å². The smallest absolute Gasteiger partial charge is 0.331 e. The van der Waals surface area contributed by atoms with E-state index in [2.05, 4.69) is 38.6 Å². The molecule has 0 saturated carbocycles. The number of benzene rings is 1. The molecule has 0 amide bonds. The van der Waals surface area contributed by atoms with Crippen LogP contribution in [0.15, 0.2) is 35.9 Å². The van der Waals surface area contributed by atoms with E-state index < -0.39 is 5.97 Å². The number of aryl methyl sites for hydroxylation is 1. The molecule has 0 bridgehead atoms. The average Bonchev–Trinajstić information content (AvgIpc) is 2.66. The molecular formula is C23H32O4. The minimum Gasteiger partial charge on any atom is -0.496 e. The predicted molar refractivity (Wildman–Crippen MR) is 109 cm³/mol. The van der Waals surface area contributed by atoms with Crippen molar-refractivity contribution in [2.24, 2.45) is 5.92 Å². The first-order chi connectivity index (χ1) is 12.9. The molecule has 1 aliphatic rings. The van der Waals surface area contributed by atoms with Crippen LogP contribution in [0.4, 0.5) is 0 Å². The third kappa shape index (κ3) is 4.94. The minimum atomic E-state index is -0.938. The van der Waals surface area contributed by atoms with E-state index in [0.717, 1.165) is 42.7 Å². The van der Waals surface area contributed by atoms with Gasteiger partial charge >= 0.3 is 5.97 Å². The molecular weight excluding hydrogens is 340 g/mol. The zero-order valence-corrected chi connectivity index (χ0v) is 17.0. The molecule has 1 unspecified atom stereocenters. The van der Waals surface area contributed by atoms with Crippen molar-refractivity contribution in [2.75, 3.05) is 14.2 Å². The van der Waals surface area contributed by atoms with E-state index in [-0.39, 0.29) is 17.4 Å². The minimum absolute atomic E-state index is 0.114. The molecule has 2 atom stereocenters. The summed E-state index contributed by atoms with van der Waals surface area (Å²) >= 11 is 0. The van der Waals surface area contributed by atoms with Crippen LogP contribution >= 0.6 is 0 Å². The Balaban J connectivity index is 2.51. The van der Waals surface area contributed by atoms with Crippen molar-refractivity contribution in [2.45, 2.75) is 58.3 Å². The third-order valence-corrected chi connectivity index (χ3v) is 5.48. The van der Waals surface area contributed by atoms with Gasteiger partial charge in [0.2, 0.25) is 0 Å². The SMILES string of the molecule is C=C(C(=O)O)[C@@H]1CCC(C)=CC1c1c(OC)cc(CCCCC)cc1OC. The van der Waals surface area contributed by atoms with Crippen molar-refractivity contribution < 1.29 is 19.4 Å². The zero-order chi connectivity index (χ0) is 20.0. The van der Waals surface area contributed by atoms with E-state index in [1.54, 1.807) is 14.2 Å². The van der Waals surface area contributed by atoms with Crippen LogP contribution in [0.5, 0.6) is 11.5 Å². The lowest BCUT2D eigenvalue weighted by molar-refractivity contribution is -0.133. The summed E-state index contributed by atoms with van der Waals surface area (Å²) < 4.78 is 11.5. The van der Waals surface area contributed by atoms with Gasteiger partial charge in [-0.3, -0.25) is 0 Å². The number of allylic oxidation sites excluding steroid dienone is 2. The van der Waals surface area contributed by atoms with Gasteiger partial charge in [-0.2, -0.15) is 0 Å². The molecule has 1 aromatic rings. The molecule has 0 fully saturated rings. The topological polar surface area (TPSA) is 55.8 Å². The molecule has 0 spiro atoms. The molecule has 1 N–H and O–H groups in total. The number of methoxy groups -OCH3 is 2. The van der Waals surface area contributed by atoms with Gasteiger partial charge in [0.15, 0.2) is 0 Å². The summed E-state index contributed by atoms with van der Waals surface area (Å²) in [6.07, 6.45) is 8.28. The van der Waals surface area contributed by atoms with Crippen LogP contribution in [0.2, 0.25) is 0 Å². The number of aliphatic carboxylic acids is 1. The van der Waals surface area contributed by atoms with Crippen LogP contribution in [-0.2, 0) is 11.2 Å². The number of carboxylic acids is 1. The van der Waals surface area contributed by atoms with Crippen LogP contribution in [0.25, 0.3) is 0 Å². The molecule has 0 saturated heterocycles. The first-order valence-corrected chi connectivity index (χ1v) is 9.77. The van der Waals surface area contributed by atoms with Crippen molar-refractivity contribution in [3.8, 4) is 11.5 Å². The van der Waals surface area contributed by atoms with Crippen LogP contribution < -0.4 is 9.47 Å². The summed E-state index contributed by atoms with van der Waals surface area (Å²) in [5, 5.41) is 9.50. The molecule has 0 aromatic heterocycles. The van der Waals surface area contributed by atoms with E-state index in [4.69, 9.17) is 9.47 Å². The van der Waals surface area contributed by atoms with Crippen LogP contribution in [0, 0.1) is 5.92 Å². The van der Waals surface area contributed by atoms with Gasteiger partial charge in [-0.05, 0) is 50.3 Å². The van der Waals surface area contributed by atoms with Gasteiger partial charge in [0.25, 0.3) is 0 Å². The fourth-order valence-electron chi connectivity index (χ4n) is 3.95. The highest BCUT2D eigenvalue weighted by atomic mass is 16.5. The Bertz CT molecular complexity index is 692. The van der Waals surface area contributed by atoms with Gasteiger partial charge in [0.1, 0.15) is 11.5 Å². The first kappa shape index (κ1) is 21.1. The lowest BCUT2D eigenvalue weighted by atomic mass is 9.73. The number of carbonyl (C=O) groups is 1. The van der Waals surface area contributed by atoms with Crippen LogP contribution in [0.1, 0.15) is 63.0 Å². The Labute approximate surface area is 162 Å². The van der Waals surface area contributed by atoms with Gasteiger partial charge in [0.05, 0.1) is 14.2 Å². The van der Waals surface area contributed by atoms with Gasteiger partial charge in [-0.15, -0.1) is 0 Å². The summed E-state index contributed by atoms with van der Waals surface area (Å²) in [5.74, 6) is 0.309. The first-order valence-electron chi connectivity index (χ1n) is 9.77. The summed E-state index contributed by atoms with van der Waals surface area (Å²) in [6, 6.07) is 4.15. The van der Waals surface area contributed by atoms with Crippen molar-refractivity contribution in [3.63, 3.8) is 0 Å². The van der Waals surface area contributed by atoms with E-state index >= 15 is 0 Å². The number of hydrogen-bond acceptors (Lipinski definition) is 3. The Kier molecular flexibility index (Phi) is 7.52. The summed E-state index contributed by atoms with van der Waals surface area (Å²) in [6.45, 7) is 8.13. The van der Waals surface area contributed by atoms with Gasteiger partial charge in [-0.1, -0.05) is 38.0 Å². The molecule has 0 aliphatic heterocycles. The molecule has 4 heteroatoms. The standard InChI is InChI=1S/C23H32O4/c1-6-7-8-9-17-13-20(26-4)22(21(14-17)27-5)19-12-15(2)10-11-18(19)16(3)23(24)25/h12-14,18-19H,3,6-11H2,1-2,4-5H3,(H,24,25)/t18-,19?/m0/s1. The van der Waals surface area contributed by atoms with Crippen LogP contribution in [0.3, 0.4) is 0 Å². The Morgan fingerprint density at radius 2 is 1.85 bits per heavy atom. The summed E-state index contributed by atoms with van der Waals surface area (Å²) in [5.41, 5.74) is 3.61. The van der Waals surface area contributed by atoms with Crippen molar-refractivity contribution >= 4 is 5.97 Å². The van der Waals surface area contributed by atoms with Crippen molar-refractivity contribution in [3.05, 3.63) is 47.1 Å². The maximum absolute atomic E-state index is 11.6. The second-order valence-electron chi connectivity index (χ2n) is 7.39. The summed E-state index contributed by atoms with van der Waals surface area (Å²) in [4.78, 5) is 11.6. The van der Waals surface area contributed by atoms with Gasteiger partial charge in [0, 0.05) is 23.0 Å². The number of unbranched alkanes of at least 4 members (excludes halogenated alkanes) is 2. The Morgan fingerprint density at radius 1 is 1.22 bits per heavy atom. The Hall–Kier alpha value is -2.23. The highest BCUT2D eigenvalue weighted by Crippen LogP contribution is 2.47. The van der Waals surface area contributed by atoms with E-state index in [9.17, 15) is 9.90 Å². The number of ether oxygens (including phenoxy) is 2. The van der Waals surface area contributed by atoms with Crippen molar-refractivity contribution in [1.29, 1.82) is 0 Å². The molecule has 1 aromatic carbocycles. The molecule has 0 heterocycles. The van der Waals surface area contributed by atoms with Crippen LogP contribution in [-0.4, -0.2) is 25.3 Å². The average molecular weight is 373 g/mol. The van der Waals surface area contributed by atoms with Gasteiger partial charge in [-0.25, -0.2) is 4.79 Å². The fourth-order valence-corrected chi connectivity index (χ4v) is 3.95. The maximum atomic E-state index is 11.6. The van der Waals surface area contributed by atoms with Crippen molar-refractivity contribution in [1.82, 2.24) is 0 Å². The normalized spacial score (nSPS) is 19.3. The van der Waals surface area contributed by atoms with E-state index in [0.29, 0.717) is 0 Å². The molecule has 27 heavy (non-hydrogen) atoms. The van der Waals surface area contributed by atoms with E-state index in [1.807, 2.05) is 0 Å². The number of carboxylic acid groups (broad SMARTS) is 1. The molecule has 148 valence electrons. The fraction of sp³-hybridized carbons (Fsp3) is 0.522. The largest absolute Gasteiger partial charge is 0.496 e. The maximum Gasteiger partial charge on any atom is 0.331 e. The zero-order valence-electron chi connectivity index (χ0n) is 17.0. The molecule has 1 aliphatic carbocycles. The monoisotopic (exact) mass is 372 g/mol. The lowest BCUT2D eigenvalue weighted by Crippen LogP contribution is -2.22.